The van der Waals surface area contributed by atoms with Crippen LogP contribution in [0.4, 0.5) is 5.82 Å². The molecule has 2 N–H and O–H groups in total. The molecule has 2 amide bonds. The SMILES string of the molecule is COC(=O)C(=C(C)C)N1C(=O)C(NC(=O)COc2ccccc2)C1S(=O)(=O)Nc1cc(C)on1. The number of rotatable bonds is 9. The summed E-state index contributed by atoms with van der Waals surface area (Å²) in [7, 11) is -3.29. The number of esters is 1. The number of para-hydroxylation sites is 1. The molecule has 2 atom stereocenters. The van der Waals surface area contributed by atoms with Crippen LogP contribution in [0.3, 0.4) is 0 Å². The number of ether oxygens (including phenoxy) is 2. The highest BCUT2D eigenvalue weighted by Gasteiger charge is 2.58. The maximum absolute atomic E-state index is 13.2. The number of nitrogens with one attached hydrogen (secondary N) is 2. The molecular weight excluding hydrogens is 468 g/mol. The summed E-state index contributed by atoms with van der Waals surface area (Å²) in [5, 5.41) is 4.29. The minimum Gasteiger partial charge on any atom is -0.484 e. The fourth-order valence-electron chi connectivity index (χ4n) is 3.29. The Hall–Kier alpha value is -3.87. The highest BCUT2D eigenvalue weighted by molar-refractivity contribution is 7.93. The molecule has 34 heavy (non-hydrogen) atoms. The number of aryl methyl sites for hydroxylation is 1. The van der Waals surface area contributed by atoms with Gasteiger partial charge in [-0.15, -0.1) is 0 Å². The summed E-state index contributed by atoms with van der Waals surface area (Å²) in [6.45, 7) is 4.16. The minimum absolute atomic E-state index is 0.119. The average molecular weight is 493 g/mol. The maximum Gasteiger partial charge on any atom is 0.354 e. The standard InChI is InChI=1S/C21H24N4O8S/c1-12(2)18(21(28)31-4)25-19(27)17(22-16(26)11-32-14-8-6-5-7-9-14)20(25)34(29,30)24-15-10-13(3)33-23-15/h5-10,17,20H,11H2,1-4H3,(H,22,26)(H,23,24). The number of likely N-dealkylation sites (tertiary alicyclic amines) is 1. The van der Waals surface area contributed by atoms with Gasteiger partial charge in [-0.25, -0.2) is 13.2 Å². The maximum atomic E-state index is 13.2. The predicted octanol–water partition coefficient (Wildman–Crippen LogP) is 0.924. The van der Waals surface area contributed by atoms with Crippen molar-refractivity contribution in [2.45, 2.75) is 32.2 Å². The monoisotopic (exact) mass is 492 g/mol. The van der Waals surface area contributed by atoms with E-state index in [0.717, 1.165) is 12.0 Å². The third-order valence-corrected chi connectivity index (χ3v) is 6.37. The summed E-state index contributed by atoms with van der Waals surface area (Å²) < 4.78 is 43.6. The van der Waals surface area contributed by atoms with Gasteiger partial charge in [-0.1, -0.05) is 23.4 Å². The molecule has 0 spiro atoms. The Kier molecular flexibility index (Phi) is 7.25. The van der Waals surface area contributed by atoms with Gasteiger partial charge in [-0.2, -0.15) is 0 Å². The Morgan fingerprint density at radius 3 is 2.44 bits per heavy atom. The molecule has 1 fully saturated rings. The summed E-state index contributed by atoms with van der Waals surface area (Å²) in [6, 6.07) is 8.33. The van der Waals surface area contributed by atoms with Gasteiger partial charge >= 0.3 is 5.97 Å². The van der Waals surface area contributed by atoms with Crippen LogP contribution in [0.5, 0.6) is 5.75 Å². The first-order valence-electron chi connectivity index (χ1n) is 10.1. The molecule has 1 aliphatic rings. The lowest BCUT2D eigenvalue weighted by atomic mass is 10.0. The molecule has 13 heteroatoms. The first-order chi connectivity index (χ1) is 16.0. The van der Waals surface area contributed by atoms with E-state index >= 15 is 0 Å². The number of allylic oxidation sites excluding steroid dienone is 1. The van der Waals surface area contributed by atoms with E-state index in [1.165, 1.54) is 19.9 Å². The highest BCUT2D eigenvalue weighted by atomic mass is 32.2. The van der Waals surface area contributed by atoms with Crippen LogP contribution < -0.4 is 14.8 Å². The molecular formula is C21H24N4O8S. The van der Waals surface area contributed by atoms with Crippen LogP contribution in [0.15, 0.2) is 52.2 Å². The molecule has 0 bridgehead atoms. The molecule has 2 aromatic rings. The molecule has 182 valence electrons. The minimum atomic E-state index is -4.39. The summed E-state index contributed by atoms with van der Waals surface area (Å²) in [6.07, 6.45) is 0. The van der Waals surface area contributed by atoms with Crippen molar-refractivity contribution in [3.63, 3.8) is 0 Å². The van der Waals surface area contributed by atoms with Crippen molar-refractivity contribution in [1.82, 2.24) is 15.4 Å². The Labute approximate surface area is 195 Å². The van der Waals surface area contributed by atoms with Gasteiger partial charge in [0.05, 0.1) is 7.11 Å². The van der Waals surface area contributed by atoms with Crippen LogP contribution in [0.25, 0.3) is 0 Å². The van der Waals surface area contributed by atoms with E-state index in [1.807, 2.05) is 0 Å². The number of benzene rings is 1. The number of β-lactam (4-membered cyclic amide) rings is 1. The Morgan fingerprint density at radius 2 is 1.88 bits per heavy atom. The largest absolute Gasteiger partial charge is 0.484 e. The molecule has 1 saturated heterocycles. The number of hydrogen-bond acceptors (Lipinski definition) is 9. The molecule has 0 aliphatic carbocycles. The summed E-state index contributed by atoms with van der Waals surface area (Å²) >= 11 is 0. The molecule has 0 saturated carbocycles. The van der Waals surface area contributed by atoms with Crippen molar-refractivity contribution in [3.8, 4) is 5.75 Å². The number of sulfonamides is 1. The van der Waals surface area contributed by atoms with E-state index in [4.69, 9.17) is 14.0 Å². The number of anilines is 1. The number of hydrogen-bond donors (Lipinski definition) is 2. The molecule has 2 heterocycles. The van der Waals surface area contributed by atoms with Gasteiger partial charge in [-0.05, 0) is 38.5 Å². The molecule has 1 aliphatic heterocycles. The average Bonchev–Trinajstić information content (AvgIpc) is 3.19. The van der Waals surface area contributed by atoms with E-state index in [2.05, 4.69) is 15.2 Å². The Bertz CT molecular complexity index is 1220. The van der Waals surface area contributed by atoms with E-state index in [0.29, 0.717) is 17.1 Å². The normalized spacial score (nSPS) is 17.4. The van der Waals surface area contributed by atoms with E-state index < -0.39 is 45.8 Å². The molecule has 2 unspecified atom stereocenters. The predicted molar refractivity (Wildman–Crippen MR) is 119 cm³/mol. The van der Waals surface area contributed by atoms with Crippen LogP contribution >= 0.6 is 0 Å². The third kappa shape index (κ3) is 5.20. The van der Waals surface area contributed by atoms with Crippen LogP contribution in [-0.4, -0.2) is 61.4 Å². The van der Waals surface area contributed by atoms with Crippen LogP contribution in [0.2, 0.25) is 0 Å². The molecule has 3 rings (SSSR count). The number of carbonyl (C=O) groups excluding carboxylic acids is 3. The second-order valence-electron chi connectivity index (χ2n) is 7.56. The fraction of sp³-hybridized carbons (Fsp3) is 0.333. The van der Waals surface area contributed by atoms with Crippen molar-refractivity contribution >= 4 is 33.6 Å². The zero-order valence-electron chi connectivity index (χ0n) is 18.9. The van der Waals surface area contributed by atoms with Gasteiger partial charge in [0.1, 0.15) is 23.2 Å². The lowest BCUT2D eigenvalue weighted by Gasteiger charge is -2.46. The number of aromatic nitrogens is 1. The zero-order valence-corrected chi connectivity index (χ0v) is 19.7. The summed E-state index contributed by atoms with van der Waals surface area (Å²) in [5.41, 5.74) is 0.0973. The van der Waals surface area contributed by atoms with Gasteiger partial charge in [0.25, 0.3) is 21.8 Å². The number of methoxy groups -OCH3 is 1. The molecule has 1 aromatic carbocycles. The fourth-order valence-corrected chi connectivity index (χ4v) is 4.83. The number of nitrogens with zero attached hydrogens (tertiary/aromatic N) is 2. The van der Waals surface area contributed by atoms with Crippen LogP contribution in [-0.2, 0) is 29.1 Å². The van der Waals surface area contributed by atoms with Crippen molar-refractivity contribution in [2.75, 3.05) is 18.4 Å². The Morgan fingerprint density at radius 1 is 1.21 bits per heavy atom. The number of amides is 2. The van der Waals surface area contributed by atoms with Crippen molar-refractivity contribution < 1.29 is 36.8 Å². The smallest absolute Gasteiger partial charge is 0.354 e. The van der Waals surface area contributed by atoms with Crippen molar-refractivity contribution in [3.05, 3.63) is 53.4 Å². The van der Waals surface area contributed by atoms with E-state index in [-0.39, 0.29) is 11.5 Å². The topological polar surface area (TPSA) is 157 Å². The van der Waals surface area contributed by atoms with E-state index in [9.17, 15) is 22.8 Å². The van der Waals surface area contributed by atoms with Gasteiger partial charge in [0, 0.05) is 6.07 Å². The summed E-state index contributed by atoms with van der Waals surface area (Å²) in [5.74, 6) is -1.78. The molecule has 12 nitrogen and oxygen atoms in total. The molecule has 1 aromatic heterocycles. The van der Waals surface area contributed by atoms with Gasteiger partial charge < -0.3 is 19.3 Å². The highest BCUT2D eigenvalue weighted by Crippen LogP contribution is 2.32. The Balaban J connectivity index is 1.86. The first-order valence-corrected chi connectivity index (χ1v) is 11.6. The first kappa shape index (κ1) is 24.8. The second-order valence-corrected chi connectivity index (χ2v) is 9.33. The quantitative estimate of drug-likeness (QED) is 0.295. The molecule has 0 radical (unpaired) electrons. The zero-order chi connectivity index (χ0) is 25.0. The lowest BCUT2D eigenvalue weighted by molar-refractivity contribution is -0.152. The van der Waals surface area contributed by atoms with Crippen LogP contribution in [0.1, 0.15) is 19.6 Å². The van der Waals surface area contributed by atoms with Crippen LogP contribution in [0, 0.1) is 6.92 Å². The third-order valence-electron chi connectivity index (χ3n) is 4.76. The summed E-state index contributed by atoms with van der Waals surface area (Å²) in [4.78, 5) is 38.5. The van der Waals surface area contributed by atoms with Gasteiger partial charge in [0.15, 0.2) is 17.8 Å². The lowest BCUT2D eigenvalue weighted by Crippen LogP contribution is -2.74. The van der Waals surface area contributed by atoms with Gasteiger partial charge in [-0.3, -0.25) is 19.2 Å². The van der Waals surface area contributed by atoms with Gasteiger partial charge in [0.2, 0.25) is 0 Å². The van der Waals surface area contributed by atoms with Crippen molar-refractivity contribution in [2.24, 2.45) is 0 Å². The van der Waals surface area contributed by atoms with E-state index in [1.54, 1.807) is 37.3 Å². The second kappa shape index (κ2) is 9.95. The number of carbonyl (C=O) groups is 3. The van der Waals surface area contributed by atoms with Crippen molar-refractivity contribution in [1.29, 1.82) is 0 Å².